The van der Waals surface area contributed by atoms with E-state index in [9.17, 15) is 13.2 Å². The van der Waals surface area contributed by atoms with Crippen LogP contribution < -0.4 is 10.1 Å². The minimum absolute atomic E-state index is 0.0700. The van der Waals surface area contributed by atoms with Gasteiger partial charge in [-0.3, -0.25) is 4.79 Å². The van der Waals surface area contributed by atoms with Crippen molar-refractivity contribution >= 4 is 21.8 Å². The lowest BCUT2D eigenvalue weighted by atomic mass is 9.97. The molecule has 0 atom stereocenters. The zero-order chi connectivity index (χ0) is 18.6. The van der Waals surface area contributed by atoms with Crippen LogP contribution in [0.2, 0.25) is 0 Å². The molecule has 25 heavy (non-hydrogen) atoms. The maximum absolute atomic E-state index is 12.4. The number of rotatable bonds is 6. The highest BCUT2D eigenvalue weighted by molar-refractivity contribution is 7.86. The molecule has 2 rings (SSSR count). The molecule has 1 saturated heterocycles. The maximum atomic E-state index is 12.4. The second-order valence-corrected chi connectivity index (χ2v) is 8.79. The van der Waals surface area contributed by atoms with Gasteiger partial charge in [-0.05, 0) is 51.0 Å². The van der Waals surface area contributed by atoms with E-state index in [-0.39, 0.29) is 17.9 Å². The van der Waals surface area contributed by atoms with Crippen molar-refractivity contribution in [2.45, 2.75) is 32.8 Å². The molecule has 1 fully saturated rings. The molecule has 140 valence electrons. The summed E-state index contributed by atoms with van der Waals surface area (Å²) in [5, 5.41) is 2.90. The molecule has 1 aliphatic heterocycles. The summed E-state index contributed by atoms with van der Waals surface area (Å²) in [5.41, 5.74) is 0.712. The molecule has 1 heterocycles. The number of benzene rings is 1. The third kappa shape index (κ3) is 5.17. The smallest absolute Gasteiger partial charge is 0.281 e. The number of nitrogens with zero attached hydrogens (tertiary/aromatic N) is 2. The van der Waals surface area contributed by atoms with Gasteiger partial charge in [-0.25, -0.2) is 0 Å². The van der Waals surface area contributed by atoms with E-state index in [0.717, 1.165) is 5.75 Å². The van der Waals surface area contributed by atoms with Gasteiger partial charge in [0, 0.05) is 38.8 Å². The Morgan fingerprint density at radius 3 is 2.24 bits per heavy atom. The van der Waals surface area contributed by atoms with Crippen LogP contribution in [0, 0.1) is 5.92 Å². The minimum atomic E-state index is -3.40. The molecule has 8 heteroatoms. The van der Waals surface area contributed by atoms with Crippen molar-refractivity contribution in [1.82, 2.24) is 8.61 Å². The van der Waals surface area contributed by atoms with Crippen LogP contribution in [-0.4, -0.2) is 56.2 Å². The number of anilines is 1. The second kappa shape index (κ2) is 8.16. The first kappa shape index (κ1) is 19.7. The molecular weight excluding hydrogens is 342 g/mol. The molecule has 0 spiro atoms. The summed E-state index contributed by atoms with van der Waals surface area (Å²) in [4.78, 5) is 12.4. The summed E-state index contributed by atoms with van der Waals surface area (Å²) in [6, 6.07) is 7.26. The van der Waals surface area contributed by atoms with Gasteiger partial charge < -0.3 is 10.1 Å². The summed E-state index contributed by atoms with van der Waals surface area (Å²) in [5.74, 6) is 0.509. The number of amides is 1. The molecule has 0 unspecified atom stereocenters. The van der Waals surface area contributed by atoms with E-state index in [1.807, 2.05) is 26.0 Å². The Balaban J connectivity index is 1.88. The van der Waals surface area contributed by atoms with Gasteiger partial charge in [0.2, 0.25) is 5.91 Å². The SMILES string of the molecule is CC(C)Oc1ccc(NC(=O)C2CCN(S(=O)(=O)N(C)C)CC2)cc1. The summed E-state index contributed by atoms with van der Waals surface area (Å²) in [6.07, 6.45) is 1.14. The third-order valence-electron chi connectivity index (χ3n) is 4.11. The monoisotopic (exact) mass is 369 g/mol. The fraction of sp³-hybridized carbons (Fsp3) is 0.588. The van der Waals surface area contributed by atoms with Gasteiger partial charge in [-0.15, -0.1) is 0 Å². The molecule has 1 aliphatic rings. The first-order chi connectivity index (χ1) is 11.7. The summed E-state index contributed by atoms with van der Waals surface area (Å²) in [6.45, 7) is 4.64. The van der Waals surface area contributed by atoms with Crippen LogP contribution in [0.25, 0.3) is 0 Å². The molecule has 0 aromatic heterocycles. The van der Waals surface area contributed by atoms with E-state index in [1.54, 1.807) is 12.1 Å². The molecule has 0 radical (unpaired) electrons. The number of hydrogen-bond donors (Lipinski definition) is 1. The van der Waals surface area contributed by atoms with E-state index >= 15 is 0 Å². The lowest BCUT2D eigenvalue weighted by molar-refractivity contribution is -0.120. The van der Waals surface area contributed by atoms with Crippen molar-refractivity contribution in [3.63, 3.8) is 0 Å². The normalized spacial score (nSPS) is 17.0. The Morgan fingerprint density at radius 1 is 1.20 bits per heavy atom. The van der Waals surface area contributed by atoms with E-state index in [2.05, 4.69) is 5.32 Å². The molecule has 7 nitrogen and oxygen atoms in total. The molecular formula is C17H27N3O4S. The first-order valence-corrected chi connectivity index (χ1v) is 9.85. The highest BCUT2D eigenvalue weighted by atomic mass is 32.2. The van der Waals surface area contributed by atoms with Gasteiger partial charge in [0.25, 0.3) is 10.2 Å². The van der Waals surface area contributed by atoms with Crippen LogP contribution in [0.15, 0.2) is 24.3 Å². The van der Waals surface area contributed by atoms with Crippen LogP contribution >= 0.6 is 0 Å². The number of piperidine rings is 1. The quantitative estimate of drug-likeness (QED) is 0.831. The van der Waals surface area contributed by atoms with Crippen molar-refractivity contribution < 1.29 is 17.9 Å². The van der Waals surface area contributed by atoms with Crippen molar-refractivity contribution in [3.05, 3.63) is 24.3 Å². The van der Waals surface area contributed by atoms with Crippen LogP contribution in [0.1, 0.15) is 26.7 Å². The standard InChI is InChI=1S/C17H27N3O4S/c1-13(2)24-16-7-5-15(6-8-16)18-17(21)14-9-11-20(12-10-14)25(22,23)19(3)4/h5-8,13-14H,9-12H2,1-4H3,(H,18,21). The van der Waals surface area contributed by atoms with Gasteiger partial charge in [-0.1, -0.05) is 0 Å². The van der Waals surface area contributed by atoms with E-state index in [0.29, 0.717) is 31.6 Å². The van der Waals surface area contributed by atoms with Gasteiger partial charge >= 0.3 is 0 Å². The molecule has 0 bridgehead atoms. The second-order valence-electron chi connectivity index (χ2n) is 6.64. The number of hydrogen-bond acceptors (Lipinski definition) is 4. The fourth-order valence-corrected chi connectivity index (χ4v) is 3.85. The first-order valence-electron chi connectivity index (χ1n) is 8.45. The number of carbonyl (C=O) groups excluding carboxylic acids is 1. The molecule has 1 aromatic carbocycles. The van der Waals surface area contributed by atoms with Crippen LogP contribution in [-0.2, 0) is 15.0 Å². The Hall–Kier alpha value is -1.64. The zero-order valence-corrected chi connectivity index (χ0v) is 16.0. The molecule has 1 N–H and O–H groups in total. The van der Waals surface area contributed by atoms with Crippen molar-refractivity contribution in [1.29, 1.82) is 0 Å². The Morgan fingerprint density at radius 2 is 1.76 bits per heavy atom. The molecule has 0 aliphatic carbocycles. The highest BCUT2D eigenvalue weighted by Gasteiger charge is 2.32. The van der Waals surface area contributed by atoms with Gasteiger partial charge in [0.05, 0.1) is 6.10 Å². The van der Waals surface area contributed by atoms with Crippen molar-refractivity contribution in [2.24, 2.45) is 5.92 Å². The van der Waals surface area contributed by atoms with Gasteiger partial charge in [-0.2, -0.15) is 17.0 Å². The highest BCUT2D eigenvalue weighted by Crippen LogP contribution is 2.23. The fourth-order valence-electron chi connectivity index (χ4n) is 2.71. The number of ether oxygens (including phenoxy) is 1. The Bertz CT molecular complexity index is 678. The van der Waals surface area contributed by atoms with E-state index in [1.165, 1.54) is 22.7 Å². The van der Waals surface area contributed by atoms with Crippen LogP contribution in [0.5, 0.6) is 5.75 Å². The summed E-state index contributed by atoms with van der Waals surface area (Å²) < 4.78 is 32.4. The molecule has 1 aromatic rings. The largest absolute Gasteiger partial charge is 0.491 e. The third-order valence-corrected chi connectivity index (χ3v) is 6.05. The predicted octanol–water partition coefficient (Wildman–Crippen LogP) is 1.93. The van der Waals surface area contributed by atoms with E-state index < -0.39 is 10.2 Å². The van der Waals surface area contributed by atoms with E-state index in [4.69, 9.17) is 4.74 Å². The van der Waals surface area contributed by atoms with Gasteiger partial charge in [0.15, 0.2) is 0 Å². The average Bonchev–Trinajstić information content (AvgIpc) is 2.56. The lowest BCUT2D eigenvalue weighted by Crippen LogP contribution is -2.46. The lowest BCUT2D eigenvalue weighted by Gasteiger charge is -2.32. The predicted molar refractivity (Wildman–Crippen MR) is 97.7 cm³/mol. The van der Waals surface area contributed by atoms with Gasteiger partial charge in [0.1, 0.15) is 5.75 Å². The Kier molecular flexibility index (Phi) is 6.42. The average molecular weight is 369 g/mol. The molecule has 0 saturated carbocycles. The van der Waals surface area contributed by atoms with Crippen molar-refractivity contribution in [2.75, 3.05) is 32.5 Å². The number of carbonyl (C=O) groups is 1. The Labute approximate surface area is 150 Å². The maximum Gasteiger partial charge on any atom is 0.281 e. The minimum Gasteiger partial charge on any atom is -0.491 e. The van der Waals surface area contributed by atoms with Crippen molar-refractivity contribution in [3.8, 4) is 5.75 Å². The number of nitrogens with one attached hydrogen (secondary N) is 1. The molecule has 1 amide bonds. The summed E-state index contributed by atoms with van der Waals surface area (Å²) >= 11 is 0. The topological polar surface area (TPSA) is 79.0 Å². The zero-order valence-electron chi connectivity index (χ0n) is 15.2. The summed E-state index contributed by atoms with van der Waals surface area (Å²) in [7, 11) is -0.372. The van der Waals surface area contributed by atoms with Crippen LogP contribution in [0.4, 0.5) is 5.69 Å². The van der Waals surface area contributed by atoms with Crippen LogP contribution in [0.3, 0.4) is 0 Å².